The molecule has 9 heteroatoms. The average molecular weight is 377 g/mol. The van der Waals surface area contributed by atoms with Gasteiger partial charge in [-0.25, -0.2) is 8.42 Å². The molecule has 2 rings (SSSR count). The van der Waals surface area contributed by atoms with Gasteiger partial charge in [0.05, 0.1) is 23.8 Å². The van der Waals surface area contributed by atoms with Gasteiger partial charge in [0, 0.05) is 20.1 Å². The van der Waals surface area contributed by atoms with Gasteiger partial charge in [-0.1, -0.05) is 12.1 Å². The summed E-state index contributed by atoms with van der Waals surface area (Å²) in [6, 6.07) is 10.8. The van der Waals surface area contributed by atoms with E-state index in [-0.39, 0.29) is 36.8 Å². The second-order valence-electron chi connectivity index (χ2n) is 5.48. The lowest BCUT2D eigenvalue weighted by Gasteiger charge is -2.20. The number of hydrogen-bond donors (Lipinski definition) is 2. The Hall–Kier alpha value is -2.51. The smallest absolute Gasteiger partial charge is 0.268 e. The summed E-state index contributed by atoms with van der Waals surface area (Å²) in [7, 11) is -2.32. The maximum absolute atomic E-state index is 12.6. The van der Waals surface area contributed by atoms with Gasteiger partial charge in [0.1, 0.15) is 11.6 Å². The minimum atomic E-state index is -3.85. The van der Waals surface area contributed by atoms with Crippen LogP contribution >= 0.6 is 0 Å². The van der Waals surface area contributed by atoms with Crippen molar-refractivity contribution in [1.82, 2.24) is 8.87 Å². The van der Waals surface area contributed by atoms with Crippen LogP contribution in [0.4, 0.5) is 0 Å². The molecular formula is C17H19N3O5S. The lowest BCUT2D eigenvalue weighted by atomic mass is 10.1. The molecule has 0 amide bonds. The quantitative estimate of drug-likeness (QED) is 0.694. The molecule has 0 unspecified atom stereocenters. The van der Waals surface area contributed by atoms with Gasteiger partial charge in [-0.3, -0.25) is 4.79 Å². The van der Waals surface area contributed by atoms with E-state index in [1.165, 1.54) is 29.8 Å². The largest absolute Gasteiger partial charge is 0.395 e. The Morgan fingerprint density at radius 2 is 1.65 bits per heavy atom. The lowest BCUT2D eigenvalue weighted by Crippen LogP contribution is -2.35. The maximum Gasteiger partial charge on any atom is 0.268 e. The van der Waals surface area contributed by atoms with Gasteiger partial charge in [-0.15, -0.1) is 0 Å². The normalized spacial score (nSPS) is 11.5. The van der Waals surface area contributed by atoms with Crippen LogP contribution in [0.3, 0.4) is 0 Å². The zero-order chi connectivity index (χ0) is 19.3. The molecule has 0 aliphatic carbocycles. The summed E-state index contributed by atoms with van der Waals surface area (Å²) in [4.78, 5) is 12.1. The van der Waals surface area contributed by atoms with Crippen molar-refractivity contribution in [2.45, 2.75) is 4.90 Å². The van der Waals surface area contributed by atoms with E-state index >= 15 is 0 Å². The van der Waals surface area contributed by atoms with Gasteiger partial charge in [0.15, 0.2) is 0 Å². The number of aliphatic hydroxyl groups is 2. The number of benzene rings is 1. The first kappa shape index (κ1) is 19.8. The molecule has 0 bridgehead atoms. The van der Waals surface area contributed by atoms with Gasteiger partial charge in [-0.2, -0.15) is 9.57 Å². The molecule has 1 heterocycles. The Kier molecular flexibility index (Phi) is 6.28. The van der Waals surface area contributed by atoms with Gasteiger partial charge in [0.2, 0.25) is 10.0 Å². The monoisotopic (exact) mass is 377 g/mol. The first-order valence-corrected chi connectivity index (χ1v) is 9.23. The fourth-order valence-corrected chi connectivity index (χ4v) is 3.95. The molecule has 26 heavy (non-hydrogen) atoms. The van der Waals surface area contributed by atoms with E-state index in [1.54, 1.807) is 18.2 Å². The molecule has 1 aromatic heterocycles. The Labute approximate surface area is 151 Å². The molecule has 0 atom stereocenters. The van der Waals surface area contributed by atoms with Crippen molar-refractivity contribution in [3.63, 3.8) is 0 Å². The molecule has 0 aliphatic rings. The number of aliphatic hydroxyl groups excluding tert-OH is 2. The van der Waals surface area contributed by atoms with E-state index in [2.05, 4.69) is 0 Å². The molecule has 2 aromatic rings. The molecule has 0 saturated heterocycles. The summed E-state index contributed by atoms with van der Waals surface area (Å²) in [5.41, 5.74) is 0.752. The summed E-state index contributed by atoms with van der Waals surface area (Å²) >= 11 is 0. The van der Waals surface area contributed by atoms with Gasteiger partial charge >= 0.3 is 0 Å². The van der Waals surface area contributed by atoms with E-state index in [0.29, 0.717) is 11.3 Å². The third kappa shape index (κ3) is 3.84. The predicted octanol–water partition coefficient (Wildman–Crippen LogP) is -0.101. The lowest BCUT2D eigenvalue weighted by molar-refractivity contribution is 0.217. The minimum Gasteiger partial charge on any atom is -0.395 e. The molecule has 1 aromatic carbocycles. The van der Waals surface area contributed by atoms with Crippen LogP contribution in [0.15, 0.2) is 46.1 Å². The number of pyridine rings is 1. The van der Waals surface area contributed by atoms with Gasteiger partial charge < -0.3 is 14.8 Å². The average Bonchev–Trinajstić information content (AvgIpc) is 2.64. The van der Waals surface area contributed by atoms with Crippen molar-refractivity contribution in [1.29, 1.82) is 5.26 Å². The van der Waals surface area contributed by atoms with E-state index in [1.807, 2.05) is 6.07 Å². The fraction of sp³-hybridized carbons (Fsp3) is 0.294. The van der Waals surface area contributed by atoms with Gasteiger partial charge in [-0.05, 0) is 29.8 Å². The Balaban J connectivity index is 2.41. The third-order valence-corrected chi connectivity index (χ3v) is 5.82. The minimum absolute atomic E-state index is 0.0156. The topological polar surface area (TPSA) is 124 Å². The highest BCUT2D eigenvalue weighted by molar-refractivity contribution is 7.89. The zero-order valence-corrected chi connectivity index (χ0v) is 15.0. The van der Waals surface area contributed by atoms with Crippen molar-refractivity contribution in [2.24, 2.45) is 7.05 Å². The van der Waals surface area contributed by atoms with Crippen molar-refractivity contribution in [3.05, 3.63) is 52.3 Å². The van der Waals surface area contributed by atoms with Crippen molar-refractivity contribution in [3.8, 4) is 17.3 Å². The molecular weight excluding hydrogens is 358 g/mol. The van der Waals surface area contributed by atoms with Crippen molar-refractivity contribution >= 4 is 10.0 Å². The molecule has 8 nitrogen and oxygen atoms in total. The van der Waals surface area contributed by atoms with Crippen LogP contribution in [0.25, 0.3) is 11.3 Å². The summed E-state index contributed by atoms with van der Waals surface area (Å²) in [5.74, 6) is 0. The fourth-order valence-electron chi connectivity index (χ4n) is 2.53. The summed E-state index contributed by atoms with van der Waals surface area (Å²) < 4.78 is 27.5. The number of nitrogens with zero attached hydrogens (tertiary/aromatic N) is 3. The molecule has 0 spiro atoms. The maximum atomic E-state index is 12.6. The number of rotatable bonds is 7. The molecule has 0 saturated carbocycles. The van der Waals surface area contributed by atoms with Crippen LogP contribution in [0, 0.1) is 11.3 Å². The number of hydrogen-bond acceptors (Lipinski definition) is 6. The van der Waals surface area contributed by atoms with Crippen molar-refractivity contribution < 1.29 is 18.6 Å². The second-order valence-corrected chi connectivity index (χ2v) is 7.42. The second kappa shape index (κ2) is 8.25. The van der Waals surface area contributed by atoms with Gasteiger partial charge in [0.25, 0.3) is 5.56 Å². The SMILES string of the molecule is Cn1c(-c2ccc(S(=O)(=O)N(CCO)CCO)cc2)ccc(C#N)c1=O. The van der Waals surface area contributed by atoms with Crippen LogP contribution in [0.5, 0.6) is 0 Å². The van der Waals surface area contributed by atoms with E-state index < -0.39 is 15.6 Å². The van der Waals surface area contributed by atoms with Crippen LogP contribution in [0.2, 0.25) is 0 Å². The van der Waals surface area contributed by atoms with Crippen LogP contribution in [0.1, 0.15) is 5.56 Å². The highest BCUT2D eigenvalue weighted by Crippen LogP contribution is 2.22. The third-order valence-electron chi connectivity index (χ3n) is 3.91. The highest BCUT2D eigenvalue weighted by atomic mass is 32.2. The van der Waals surface area contributed by atoms with E-state index in [9.17, 15) is 13.2 Å². The van der Waals surface area contributed by atoms with Crippen molar-refractivity contribution in [2.75, 3.05) is 26.3 Å². The first-order chi connectivity index (χ1) is 12.4. The first-order valence-electron chi connectivity index (χ1n) is 7.79. The molecule has 138 valence electrons. The van der Waals surface area contributed by atoms with Crippen LogP contribution in [-0.4, -0.2) is 53.8 Å². The Morgan fingerprint density at radius 1 is 1.08 bits per heavy atom. The molecule has 0 radical (unpaired) electrons. The molecule has 0 fully saturated rings. The summed E-state index contributed by atoms with van der Waals surface area (Å²) in [5, 5.41) is 26.9. The summed E-state index contributed by atoms with van der Waals surface area (Å²) in [6.07, 6.45) is 0. The predicted molar refractivity (Wildman–Crippen MR) is 94.8 cm³/mol. The standard InChI is InChI=1S/C17H19N3O5S/c1-19-16(7-4-14(12-18)17(19)23)13-2-5-15(6-3-13)26(24,25)20(8-10-21)9-11-22/h2-7,21-22H,8-11H2,1H3. The Morgan fingerprint density at radius 3 is 2.15 bits per heavy atom. The number of nitriles is 1. The van der Waals surface area contributed by atoms with E-state index in [4.69, 9.17) is 15.5 Å². The number of aromatic nitrogens is 1. The van der Waals surface area contributed by atoms with E-state index in [0.717, 1.165) is 4.31 Å². The zero-order valence-electron chi connectivity index (χ0n) is 14.2. The Bertz CT molecular complexity index is 969. The van der Waals surface area contributed by atoms with Crippen LogP contribution in [-0.2, 0) is 17.1 Å². The summed E-state index contributed by atoms with van der Waals surface area (Å²) in [6.45, 7) is -0.946. The molecule has 2 N–H and O–H groups in total. The number of sulfonamides is 1. The van der Waals surface area contributed by atoms with Crippen LogP contribution < -0.4 is 5.56 Å². The highest BCUT2D eigenvalue weighted by Gasteiger charge is 2.23. The molecule has 0 aliphatic heterocycles.